The normalized spacial score (nSPS) is 21.5. The minimum atomic E-state index is -0.239. The second-order valence-corrected chi connectivity index (χ2v) is 7.78. The molecular formula is C20H37N3O2. The standard InChI is InChI=1S/C20H37N3O2/c21-14-5-2-6-15-22-20(25)18-12-8-16-23(18)19(24)13-7-11-17-9-3-1-4-10-17/h17-18H,1-16,21H2,(H,22,25). The van der Waals surface area contributed by atoms with Gasteiger partial charge in [0.2, 0.25) is 11.8 Å². The van der Waals surface area contributed by atoms with Crippen molar-refractivity contribution in [2.45, 2.75) is 89.5 Å². The van der Waals surface area contributed by atoms with Crippen LogP contribution in [0.5, 0.6) is 0 Å². The van der Waals surface area contributed by atoms with Crippen molar-refractivity contribution in [1.29, 1.82) is 0 Å². The van der Waals surface area contributed by atoms with Gasteiger partial charge in [0, 0.05) is 19.5 Å². The monoisotopic (exact) mass is 351 g/mol. The molecule has 0 bridgehead atoms. The second kappa shape index (κ2) is 11.5. The number of amides is 2. The molecule has 0 aromatic rings. The molecule has 144 valence electrons. The van der Waals surface area contributed by atoms with Crippen molar-refractivity contribution in [3.8, 4) is 0 Å². The molecule has 0 spiro atoms. The SMILES string of the molecule is NCCCCCNC(=O)C1CCCN1C(=O)CCCC1CCCCC1. The van der Waals surface area contributed by atoms with Crippen LogP contribution in [0.2, 0.25) is 0 Å². The Morgan fingerprint density at radius 1 is 0.960 bits per heavy atom. The summed E-state index contributed by atoms with van der Waals surface area (Å²) in [6, 6.07) is -0.239. The summed E-state index contributed by atoms with van der Waals surface area (Å²) >= 11 is 0. The summed E-state index contributed by atoms with van der Waals surface area (Å²) in [5, 5.41) is 3.00. The molecule has 0 aromatic heterocycles. The van der Waals surface area contributed by atoms with E-state index in [0.29, 0.717) is 19.5 Å². The van der Waals surface area contributed by atoms with E-state index in [2.05, 4.69) is 5.32 Å². The van der Waals surface area contributed by atoms with Gasteiger partial charge in [-0.2, -0.15) is 0 Å². The molecular weight excluding hydrogens is 314 g/mol. The third-order valence-electron chi connectivity index (χ3n) is 5.78. The third-order valence-corrected chi connectivity index (χ3v) is 5.78. The van der Waals surface area contributed by atoms with Gasteiger partial charge in [0.05, 0.1) is 0 Å². The third kappa shape index (κ3) is 6.96. The van der Waals surface area contributed by atoms with E-state index in [4.69, 9.17) is 5.73 Å². The van der Waals surface area contributed by atoms with Gasteiger partial charge in [-0.1, -0.05) is 38.5 Å². The molecule has 1 aliphatic heterocycles. The number of nitrogens with zero attached hydrogens (tertiary/aromatic N) is 1. The first-order valence-electron chi connectivity index (χ1n) is 10.5. The van der Waals surface area contributed by atoms with Gasteiger partial charge in [0.1, 0.15) is 6.04 Å². The summed E-state index contributed by atoms with van der Waals surface area (Å²) in [7, 11) is 0. The van der Waals surface area contributed by atoms with E-state index in [1.807, 2.05) is 4.90 Å². The highest BCUT2D eigenvalue weighted by Gasteiger charge is 2.33. The van der Waals surface area contributed by atoms with E-state index < -0.39 is 0 Å². The summed E-state index contributed by atoms with van der Waals surface area (Å²) in [5.41, 5.74) is 5.48. The van der Waals surface area contributed by atoms with Crippen LogP contribution in [0, 0.1) is 5.92 Å². The predicted molar refractivity (Wildman–Crippen MR) is 101 cm³/mol. The van der Waals surface area contributed by atoms with E-state index >= 15 is 0 Å². The number of hydrogen-bond donors (Lipinski definition) is 2. The highest BCUT2D eigenvalue weighted by Crippen LogP contribution is 2.28. The molecule has 1 aliphatic carbocycles. The van der Waals surface area contributed by atoms with Gasteiger partial charge in [0.25, 0.3) is 0 Å². The van der Waals surface area contributed by atoms with E-state index in [9.17, 15) is 9.59 Å². The van der Waals surface area contributed by atoms with E-state index in [1.54, 1.807) is 0 Å². The highest BCUT2D eigenvalue weighted by atomic mass is 16.2. The fraction of sp³-hybridized carbons (Fsp3) is 0.900. The molecule has 1 unspecified atom stereocenters. The van der Waals surface area contributed by atoms with Gasteiger partial charge in [-0.3, -0.25) is 9.59 Å². The Balaban J connectivity index is 1.66. The Morgan fingerprint density at radius 2 is 1.76 bits per heavy atom. The molecule has 3 N–H and O–H groups in total. The average Bonchev–Trinajstić information content (AvgIpc) is 3.12. The van der Waals surface area contributed by atoms with E-state index in [-0.39, 0.29) is 17.9 Å². The lowest BCUT2D eigenvalue weighted by Crippen LogP contribution is -2.46. The van der Waals surface area contributed by atoms with Crippen LogP contribution in [0.4, 0.5) is 0 Å². The molecule has 1 atom stereocenters. The number of hydrogen-bond acceptors (Lipinski definition) is 3. The quantitative estimate of drug-likeness (QED) is 0.594. The number of likely N-dealkylation sites (tertiary alicyclic amines) is 1. The van der Waals surface area contributed by atoms with Crippen molar-refractivity contribution >= 4 is 11.8 Å². The summed E-state index contributed by atoms with van der Waals surface area (Å²) in [4.78, 5) is 26.8. The van der Waals surface area contributed by atoms with Crippen molar-refractivity contribution in [2.75, 3.05) is 19.6 Å². The molecule has 2 fully saturated rings. The van der Waals surface area contributed by atoms with Gasteiger partial charge in [-0.05, 0) is 51.0 Å². The Bertz CT molecular complexity index is 408. The lowest BCUT2D eigenvalue weighted by molar-refractivity contribution is -0.138. The first-order chi connectivity index (χ1) is 12.2. The second-order valence-electron chi connectivity index (χ2n) is 7.78. The minimum Gasteiger partial charge on any atom is -0.354 e. The van der Waals surface area contributed by atoms with Crippen molar-refractivity contribution in [2.24, 2.45) is 11.7 Å². The number of carbonyl (C=O) groups excluding carboxylic acids is 2. The van der Waals surface area contributed by atoms with Gasteiger partial charge in [-0.15, -0.1) is 0 Å². The van der Waals surface area contributed by atoms with Crippen molar-refractivity contribution < 1.29 is 9.59 Å². The molecule has 25 heavy (non-hydrogen) atoms. The molecule has 1 heterocycles. The molecule has 2 amide bonds. The fourth-order valence-corrected chi connectivity index (χ4v) is 4.27. The van der Waals surface area contributed by atoms with Crippen LogP contribution in [-0.2, 0) is 9.59 Å². The van der Waals surface area contributed by atoms with Crippen LogP contribution in [0.15, 0.2) is 0 Å². The molecule has 0 radical (unpaired) electrons. The lowest BCUT2D eigenvalue weighted by Gasteiger charge is -2.25. The zero-order valence-corrected chi connectivity index (χ0v) is 15.8. The van der Waals surface area contributed by atoms with Crippen LogP contribution in [-0.4, -0.2) is 42.4 Å². The Labute approximate surface area is 153 Å². The van der Waals surface area contributed by atoms with Gasteiger partial charge >= 0.3 is 0 Å². The summed E-state index contributed by atoms with van der Waals surface area (Å²) in [5.74, 6) is 1.04. The molecule has 1 saturated heterocycles. The molecule has 0 aromatic carbocycles. The van der Waals surface area contributed by atoms with Crippen LogP contribution < -0.4 is 11.1 Å². The smallest absolute Gasteiger partial charge is 0.242 e. The number of nitrogens with one attached hydrogen (secondary N) is 1. The largest absolute Gasteiger partial charge is 0.354 e. The van der Waals surface area contributed by atoms with E-state index in [0.717, 1.165) is 51.0 Å². The van der Waals surface area contributed by atoms with Crippen LogP contribution in [0.25, 0.3) is 0 Å². The minimum absolute atomic E-state index is 0.0332. The number of rotatable bonds is 10. The van der Waals surface area contributed by atoms with Gasteiger partial charge in [0.15, 0.2) is 0 Å². The molecule has 5 heteroatoms. The zero-order valence-electron chi connectivity index (χ0n) is 15.8. The molecule has 5 nitrogen and oxygen atoms in total. The zero-order chi connectivity index (χ0) is 17.9. The topological polar surface area (TPSA) is 75.4 Å². The number of nitrogens with two attached hydrogens (primary N) is 1. The molecule has 2 rings (SSSR count). The summed E-state index contributed by atoms with van der Waals surface area (Å²) < 4.78 is 0. The van der Waals surface area contributed by atoms with Crippen molar-refractivity contribution in [3.63, 3.8) is 0 Å². The first kappa shape index (κ1) is 20.2. The summed E-state index contributed by atoms with van der Waals surface area (Å²) in [6.07, 6.45) is 14.3. The lowest BCUT2D eigenvalue weighted by atomic mass is 9.86. The Hall–Kier alpha value is -1.10. The maximum atomic E-state index is 12.5. The first-order valence-corrected chi connectivity index (χ1v) is 10.5. The van der Waals surface area contributed by atoms with Crippen LogP contribution in [0.3, 0.4) is 0 Å². The van der Waals surface area contributed by atoms with Crippen LogP contribution in [0.1, 0.15) is 83.5 Å². The number of carbonyl (C=O) groups is 2. The predicted octanol–water partition coefficient (Wildman–Crippen LogP) is 2.97. The molecule has 2 aliphatic rings. The Kier molecular flexibility index (Phi) is 9.30. The molecule has 1 saturated carbocycles. The van der Waals surface area contributed by atoms with Gasteiger partial charge < -0.3 is 16.0 Å². The maximum absolute atomic E-state index is 12.5. The fourth-order valence-electron chi connectivity index (χ4n) is 4.27. The maximum Gasteiger partial charge on any atom is 0.242 e. The summed E-state index contributed by atoms with van der Waals surface area (Å²) in [6.45, 7) is 2.15. The van der Waals surface area contributed by atoms with Crippen LogP contribution >= 0.6 is 0 Å². The van der Waals surface area contributed by atoms with Gasteiger partial charge in [-0.25, -0.2) is 0 Å². The van der Waals surface area contributed by atoms with Crippen molar-refractivity contribution in [3.05, 3.63) is 0 Å². The Morgan fingerprint density at radius 3 is 2.52 bits per heavy atom. The van der Waals surface area contributed by atoms with E-state index in [1.165, 1.54) is 38.5 Å². The van der Waals surface area contributed by atoms with Crippen molar-refractivity contribution in [1.82, 2.24) is 10.2 Å². The average molecular weight is 352 g/mol. The highest BCUT2D eigenvalue weighted by molar-refractivity contribution is 5.88. The number of unbranched alkanes of at least 4 members (excludes halogenated alkanes) is 2.